The van der Waals surface area contributed by atoms with Crippen molar-refractivity contribution in [3.05, 3.63) is 57.8 Å². The van der Waals surface area contributed by atoms with E-state index in [0.717, 1.165) is 0 Å². The molecule has 1 heterocycles. The summed E-state index contributed by atoms with van der Waals surface area (Å²) >= 11 is 7.14. The number of ether oxygens (including phenoxy) is 1. The second-order valence-corrected chi connectivity index (χ2v) is 7.25. The molecule has 1 unspecified atom stereocenters. The average Bonchev–Trinajstić information content (AvgIpc) is 2.62. The van der Waals surface area contributed by atoms with Gasteiger partial charge in [-0.3, -0.25) is 9.59 Å². The number of benzene rings is 2. The highest BCUT2D eigenvalue weighted by atomic mass is 35.5. The molecule has 0 aliphatic carbocycles. The van der Waals surface area contributed by atoms with Crippen molar-refractivity contribution in [1.29, 1.82) is 0 Å². The zero-order valence-electron chi connectivity index (χ0n) is 14.1. The number of amides is 1. The molecular formula is C18H16ClN3O3S. The highest BCUT2D eigenvalue weighted by Crippen LogP contribution is 2.29. The number of carbonyl (C=O) groups is 1. The van der Waals surface area contributed by atoms with Crippen LogP contribution in [0.4, 0.5) is 5.69 Å². The van der Waals surface area contributed by atoms with Crippen LogP contribution >= 0.6 is 23.4 Å². The van der Waals surface area contributed by atoms with Crippen molar-refractivity contribution in [3.63, 3.8) is 0 Å². The fourth-order valence-corrected chi connectivity index (χ4v) is 3.33. The maximum absolute atomic E-state index is 12.5. The number of para-hydroxylation sites is 1. The van der Waals surface area contributed by atoms with E-state index in [1.54, 1.807) is 43.3 Å². The monoisotopic (exact) mass is 389 g/mol. The van der Waals surface area contributed by atoms with Crippen LogP contribution in [0.25, 0.3) is 10.9 Å². The number of rotatable bonds is 5. The van der Waals surface area contributed by atoms with Gasteiger partial charge in [0.2, 0.25) is 5.91 Å². The van der Waals surface area contributed by atoms with Gasteiger partial charge in [0.15, 0.2) is 5.16 Å². The predicted octanol–water partition coefficient (Wildman–Crippen LogP) is 3.70. The molecule has 0 radical (unpaired) electrons. The van der Waals surface area contributed by atoms with Gasteiger partial charge < -0.3 is 15.0 Å². The van der Waals surface area contributed by atoms with Crippen molar-refractivity contribution >= 4 is 45.9 Å². The maximum atomic E-state index is 12.5. The van der Waals surface area contributed by atoms with Crippen LogP contribution in [-0.2, 0) is 4.79 Å². The summed E-state index contributed by atoms with van der Waals surface area (Å²) in [4.78, 5) is 31.7. The number of anilines is 1. The Balaban J connectivity index is 1.78. The quantitative estimate of drug-likeness (QED) is 0.513. The highest BCUT2D eigenvalue weighted by molar-refractivity contribution is 8.00. The SMILES string of the molecule is COc1ccc(Cl)cc1NC(=O)C(C)Sc1nc2ccccc2c(=O)[nH]1. The number of methoxy groups -OCH3 is 1. The molecular weight excluding hydrogens is 374 g/mol. The number of hydrogen-bond acceptors (Lipinski definition) is 5. The number of H-pyrrole nitrogens is 1. The molecule has 0 saturated heterocycles. The van der Waals surface area contributed by atoms with E-state index in [4.69, 9.17) is 16.3 Å². The van der Waals surface area contributed by atoms with Gasteiger partial charge in [-0.15, -0.1) is 0 Å². The first-order valence-electron chi connectivity index (χ1n) is 7.78. The van der Waals surface area contributed by atoms with Crippen LogP contribution < -0.4 is 15.6 Å². The molecule has 26 heavy (non-hydrogen) atoms. The summed E-state index contributed by atoms with van der Waals surface area (Å²) in [6, 6.07) is 12.0. The summed E-state index contributed by atoms with van der Waals surface area (Å²) in [5.74, 6) is 0.253. The molecule has 3 rings (SSSR count). The van der Waals surface area contributed by atoms with E-state index in [1.165, 1.54) is 18.9 Å². The van der Waals surface area contributed by atoms with Crippen LogP contribution in [0.15, 0.2) is 52.4 Å². The lowest BCUT2D eigenvalue weighted by Gasteiger charge is -2.14. The zero-order chi connectivity index (χ0) is 18.7. The van der Waals surface area contributed by atoms with E-state index < -0.39 is 5.25 Å². The van der Waals surface area contributed by atoms with E-state index >= 15 is 0 Å². The predicted molar refractivity (Wildman–Crippen MR) is 104 cm³/mol. The Hall–Kier alpha value is -2.51. The van der Waals surface area contributed by atoms with Crippen LogP contribution in [0, 0.1) is 0 Å². The number of carbonyl (C=O) groups excluding carboxylic acids is 1. The minimum absolute atomic E-state index is 0.234. The van der Waals surface area contributed by atoms with Crippen LogP contribution in [0.1, 0.15) is 6.92 Å². The average molecular weight is 390 g/mol. The first-order chi connectivity index (χ1) is 12.5. The molecule has 8 heteroatoms. The van der Waals surface area contributed by atoms with Gasteiger partial charge in [0.25, 0.3) is 5.56 Å². The van der Waals surface area contributed by atoms with Crippen molar-refractivity contribution in [3.8, 4) is 5.75 Å². The topological polar surface area (TPSA) is 84.1 Å². The summed E-state index contributed by atoms with van der Waals surface area (Å²) < 4.78 is 5.22. The molecule has 0 bridgehead atoms. The van der Waals surface area contributed by atoms with Crippen molar-refractivity contribution in [2.45, 2.75) is 17.3 Å². The van der Waals surface area contributed by atoms with Gasteiger partial charge in [0.05, 0.1) is 29.0 Å². The van der Waals surface area contributed by atoms with Gasteiger partial charge >= 0.3 is 0 Å². The molecule has 2 N–H and O–H groups in total. The smallest absolute Gasteiger partial charge is 0.259 e. The largest absolute Gasteiger partial charge is 0.495 e. The molecule has 6 nitrogen and oxygen atoms in total. The van der Waals surface area contributed by atoms with Crippen molar-refractivity contribution in [1.82, 2.24) is 9.97 Å². The van der Waals surface area contributed by atoms with Gasteiger partial charge in [-0.25, -0.2) is 4.98 Å². The first-order valence-corrected chi connectivity index (χ1v) is 9.04. The Morgan fingerprint density at radius 2 is 2.08 bits per heavy atom. The lowest BCUT2D eigenvalue weighted by Crippen LogP contribution is -2.23. The maximum Gasteiger partial charge on any atom is 0.259 e. The molecule has 0 saturated carbocycles. The summed E-state index contributed by atoms with van der Waals surface area (Å²) in [6.45, 7) is 1.73. The Bertz CT molecular complexity index is 1020. The third-order valence-corrected chi connectivity index (χ3v) is 4.89. The van der Waals surface area contributed by atoms with E-state index in [-0.39, 0.29) is 11.5 Å². The molecule has 1 amide bonds. The molecule has 0 fully saturated rings. The van der Waals surface area contributed by atoms with E-state index in [0.29, 0.717) is 32.5 Å². The number of aromatic nitrogens is 2. The van der Waals surface area contributed by atoms with E-state index in [1.807, 2.05) is 6.07 Å². The van der Waals surface area contributed by atoms with Crippen LogP contribution in [-0.4, -0.2) is 28.2 Å². The van der Waals surface area contributed by atoms with E-state index in [9.17, 15) is 9.59 Å². The second-order valence-electron chi connectivity index (χ2n) is 5.48. The Kier molecular flexibility index (Phi) is 5.49. The van der Waals surface area contributed by atoms with Gasteiger partial charge in [-0.05, 0) is 37.3 Å². The van der Waals surface area contributed by atoms with Crippen molar-refractivity contribution in [2.24, 2.45) is 0 Å². The number of nitrogens with one attached hydrogen (secondary N) is 2. The highest BCUT2D eigenvalue weighted by Gasteiger charge is 2.18. The summed E-state index contributed by atoms with van der Waals surface area (Å²) in [5, 5.41) is 3.67. The summed E-state index contributed by atoms with van der Waals surface area (Å²) in [6.07, 6.45) is 0. The standard InChI is InChI=1S/C18H16ClN3O3S/c1-10(16(23)20-14-9-11(19)7-8-15(14)25-2)26-18-21-13-6-4-3-5-12(13)17(24)22-18/h3-10H,1-2H3,(H,20,23)(H,21,22,24). The molecule has 1 aromatic heterocycles. The lowest BCUT2D eigenvalue weighted by atomic mass is 10.2. The fourth-order valence-electron chi connectivity index (χ4n) is 2.35. The molecule has 0 aliphatic heterocycles. The number of aromatic amines is 1. The lowest BCUT2D eigenvalue weighted by molar-refractivity contribution is -0.115. The third kappa shape index (κ3) is 4.00. The Morgan fingerprint density at radius 1 is 1.31 bits per heavy atom. The molecule has 0 spiro atoms. The zero-order valence-corrected chi connectivity index (χ0v) is 15.6. The molecule has 3 aromatic rings. The Morgan fingerprint density at radius 3 is 2.85 bits per heavy atom. The molecule has 2 aromatic carbocycles. The number of nitrogens with zero attached hydrogens (tertiary/aromatic N) is 1. The Labute approximate surface area is 158 Å². The van der Waals surface area contributed by atoms with Gasteiger partial charge in [-0.1, -0.05) is 35.5 Å². The second kappa shape index (κ2) is 7.80. The minimum Gasteiger partial charge on any atom is -0.495 e. The molecule has 1 atom stereocenters. The van der Waals surface area contributed by atoms with Gasteiger partial charge in [-0.2, -0.15) is 0 Å². The van der Waals surface area contributed by atoms with Crippen molar-refractivity contribution < 1.29 is 9.53 Å². The number of hydrogen-bond donors (Lipinski definition) is 2. The van der Waals surface area contributed by atoms with Crippen LogP contribution in [0.5, 0.6) is 5.75 Å². The van der Waals surface area contributed by atoms with Crippen molar-refractivity contribution in [2.75, 3.05) is 12.4 Å². The molecule has 134 valence electrons. The van der Waals surface area contributed by atoms with E-state index in [2.05, 4.69) is 15.3 Å². The first kappa shape index (κ1) is 18.3. The number of halogens is 1. The number of thioether (sulfide) groups is 1. The van der Waals surface area contributed by atoms with Crippen LogP contribution in [0.2, 0.25) is 5.02 Å². The van der Waals surface area contributed by atoms with Gasteiger partial charge in [0, 0.05) is 5.02 Å². The molecule has 0 aliphatic rings. The minimum atomic E-state index is -0.497. The third-order valence-electron chi connectivity index (χ3n) is 3.67. The van der Waals surface area contributed by atoms with Gasteiger partial charge in [0.1, 0.15) is 5.75 Å². The van der Waals surface area contributed by atoms with Crippen LogP contribution in [0.3, 0.4) is 0 Å². The summed E-state index contributed by atoms with van der Waals surface area (Å²) in [7, 11) is 1.51. The normalized spacial score (nSPS) is 12.0. The number of fused-ring (bicyclic) bond motifs is 1. The summed E-state index contributed by atoms with van der Waals surface area (Å²) in [5.41, 5.74) is 0.836. The fraction of sp³-hybridized carbons (Fsp3) is 0.167.